The number of nitrogens with two attached hydrogens (primary N) is 1. The van der Waals surface area contributed by atoms with E-state index in [1.165, 1.54) is 24.3 Å². The van der Waals surface area contributed by atoms with E-state index < -0.39 is 27.7 Å². The molecule has 1 unspecified atom stereocenters. The summed E-state index contributed by atoms with van der Waals surface area (Å²) in [6.07, 6.45) is 4.45. The first kappa shape index (κ1) is 19.0. The second-order valence-electron chi connectivity index (χ2n) is 6.23. The van der Waals surface area contributed by atoms with Crippen LogP contribution in [0.5, 0.6) is 0 Å². The maximum atomic E-state index is 12.2. The summed E-state index contributed by atoms with van der Waals surface area (Å²) in [5.74, 6) is -0.676. The zero-order valence-electron chi connectivity index (χ0n) is 13.9. The molecule has 0 saturated heterocycles. The first-order valence-corrected chi connectivity index (χ1v) is 9.73. The lowest BCUT2D eigenvalue weighted by molar-refractivity contribution is -0.117. The number of sulfone groups is 1. The van der Waals surface area contributed by atoms with Crippen molar-refractivity contribution in [2.75, 3.05) is 11.6 Å². The van der Waals surface area contributed by atoms with E-state index in [-0.39, 0.29) is 10.5 Å². The molecular weight excluding hydrogens is 342 g/mol. The van der Waals surface area contributed by atoms with Crippen molar-refractivity contribution in [3.8, 4) is 0 Å². The van der Waals surface area contributed by atoms with Crippen molar-refractivity contribution in [1.82, 2.24) is 10.6 Å². The van der Waals surface area contributed by atoms with Crippen molar-refractivity contribution < 1.29 is 18.0 Å². The third-order valence-electron chi connectivity index (χ3n) is 4.44. The highest BCUT2D eigenvalue weighted by Crippen LogP contribution is 2.31. The first-order valence-electron chi connectivity index (χ1n) is 8.08. The molecule has 1 aromatic rings. The van der Waals surface area contributed by atoms with Crippen LogP contribution in [0.15, 0.2) is 41.3 Å². The molecule has 4 N–H and O–H groups in total. The average molecular weight is 365 g/mol. The maximum Gasteiger partial charge on any atom is 0.249 e. The van der Waals surface area contributed by atoms with Crippen LogP contribution in [0.1, 0.15) is 25.7 Å². The Kier molecular flexibility index (Phi) is 6.19. The summed E-state index contributed by atoms with van der Waals surface area (Å²) < 4.78 is 24.5. The van der Waals surface area contributed by atoms with Crippen molar-refractivity contribution in [2.45, 2.75) is 36.6 Å². The lowest BCUT2D eigenvalue weighted by atomic mass is 9.79. The third kappa shape index (κ3) is 5.06. The Hall–Kier alpha value is -2.35. The molecule has 0 radical (unpaired) electrons. The second kappa shape index (κ2) is 8.15. The van der Waals surface area contributed by atoms with Gasteiger partial charge in [0.15, 0.2) is 9.84 Å². The van der Waals surface area contributed by atoms with Crippen LogP contribution in [-0.2, 0) is 19.4 Å². The van der Waals surface area contributed by atoms with Crippen LogP contribution < -0.4 is 16.4 Å². The second-order valence-corrected chi connectivity index (χ2v) is 8.22. The summed E-state index contributed by atoms with van der Waals surface area (Å²) >= 11 is 0. The lowest BCUT2D eigenvalue weighted by Crippen LogP contribution is -2.40. The Morgan fingerprint density at radius 2 is 1.96 bits per heavy atom. The van der Waals surface area contributed by atoms with Crippen molar-refractivity contribution in [3.05, 3.63) is 36.4 Å². The van der Waals surface area contributed by atoms with Gasteiger partial charge in [-0.3, -0.25) is 9.59 Å². The SMILES string of the molecule is C=C(C(=O)NCS(=O)(=O)c1ccc(N)cc1)C(CC1CCC1)NC=O. The van der Waals surface area contributed by atoms with Gasteiger partial charge in [-0.2, -0.15) is 0 Å². The van der Waals surface area contributed by atoms with Gasteiger partial charge in [0.1, 0.15) is 5.88 Å². The fraction of sp³-hybridized carbons (Fsp3) is 0.412. The van der Waals surface area contributed by atoms with Gasteiger partial charge in [0, 0.05) is 11.3 Å². The van der Waals surface area contributed by atoms with Crippen molar-refractivity contribution in [2.24, 2.45) is 5.92 Å². The number of rotatable bonds is 9. The fourth-order valence-corrected chi connectivity index (χ4v) is 3.68. The van der Waals surface area contributed by atoms with E-state index in [4.69, 9.17) is 5.73 Å². The number of hydrogen-bond acceptors (Lipinski definition) is 5. The third-order valence-corrected chi connectivity index (χ3v) is 5.95. The Labute approximate surface area is 147 Å². The van der Waals surface area contributed by atoms with Gasteiger partial charge in [0.25, 0.3) is 0 Å². The first-order chi connectivity index (χ1) is 11.8. The summed E-state index contributed by atoms with van der Waals surface area (Å²) in [5, 5.41) is 4.96. The lowest BCUT2D eigenvalue weighted by Gasteiger charge is -2.30. The molecule has 1 fully saturated rings. The number of hydrogen-bond donors (Lipinski definition) is 3. The molecular formula is C17H23N3O4S. The van der Waals surface area contributed by atoms with Gasteiger partial charge in [-0.25, -0.2) is 8.42 Å². The molecule has 0 aliphatic heterocycles. The van der Waals surface area contributed by atoms with Crippen LogP contribution >= 0.6 is 0 Å². The van der Waals surface area contributed by atoms with Crippen molar-refractivity contribution in [3.63, 3.8) is 0 Å². The minimum atomic E-state index is -3.68. The number of carbonyl (C=O) groups excluding carboxylic acids is 2. The molecule has 8 heteroatoms. The Bertz CT molecular complexity index is 740. The number of amides is 2. The van der Waals surface area contributed by atoms with Gasteiger partial charge in [-0.15, -0.1) is 0 Å². The number of benzene rings is 1. The van der Waals surface area contributed by atoms with E-state index in [2.05, 4.69) is 17.2 Å². The van der Waals surface area contributed by atoms with Crippen LogP contribution in [-0.4, -0.2) is 32.7 Å². The molecule has 2 amide bonds. The predicted octanol–water partition coefficient (Wildman–Crippen LogP) is 0.977. The van der Waals surface area contributed by atoms with Crippen LogP contribution in [0.25, 0.3) is 0 Å². The Morgan fingerprint density at radius 1 is 1.32 bits per heavy atom. The molecule has 0 aromatic heterocycles. The monoisotopic (exact) mass is 365 g/mol. The molecule has 0 heterocycles. The molecule has 136 valence electrons. The Balaban J connectivity index is 1.95. The summed E-state index contributed by atoms with van der Waals surface area (Å²) in [6, 6.07) is 5.26. The molecule has 1 aromatic carbocycles. The topological polar surface area (TPSA) is 118 Å². The predicted molar refractivity (Wildman–Crippen MR) is 95.1 cm³/mol. The van der Waals surface area contributed by atoms with E-state index in [9.17, 15) is 18.0 Å². The normalized spacial score (nSPS) is 15.7. The zero-order chi connectivity index (χ0) is 18.4. The van der Waals surface area contributed by atoms with Crippen molar-refractivity contribution in [1.29, 1.82) is 0 Å². The highest BCUT2D eigenvalue weighted by Gasteiger charge is 2.26. The van der Waals surface area contributed by atoms with E-state index in [1.54, 1.807) is 0 Å². The van der Waals surface area contributed by atoms with Gasteiger partial charge in [-0.1, -0.05) is 25.8 Å². The number of nitrogens with one attached hydrogen (secondary N) is 2. The minimum absolute atomic E-state index is 0.0737. The summed E-state index contributed by atoms with van der Waals surface area (Å²) in [5.41, 5.74) is 6.15. The molecule has 0 bridgehead atoms. The fourth-order valence-electron chi connectivity index (χ4n) is 2.65. The average Bonchev–Trinajstić information content (AvgIpc) is 2.54. The molecule has 1 saturated carbocycles. The van der Waals surface area contributed by atoms with Gasteiger partial charge < -0.3 is 16.4 Å². The minimum Gasteiger partial charge on any atom is -0.399 e. The maximum absolute atomic E-state index is 12.2. The van der Waals surface area contributed by atoms with E-state index in [0.717, 1.165) is 19.3 Å². The van der Waals surface area contributed by atoms with Gasteiger partial charge in [0.2, 0.25) is 12.3 Å². The number of carbonyl (C=O) groups is 2. The smallest absolute Gasteiger partial charge is 0.249 e. The standard InChI is InChI=1S/C17H23N3O4S/c1-12(16(19-10-21)9-13-3-2-4-13)17(22)20-11-25(23,24)15-7-5-14(18)6-8-15/h5-8,10,13,16H,1-4,9,11,18H2,(H,19,21)(H,20,22). The Morgan fingerprint density at radius 3 is 2.48 bits per heavy atom. The van der Waals surface area contributed by atoms with Gasteiger partial charge in [-0.05, 0) is 36.6 Å². The number of nitrogen functional groups attached to an aromatic ring is 1. The van der Waals surface area contributed by atoms with E-state index >= 15 is 0 Å². The molecule has 1 aliphatic rings. The summed E-state index contributed by atoms with van der Waals surface area (Å²) in [7, 11) is -3.68. The molecule has 1 atom stereocenters. The van der Waals surface area contributed by atoms with Crippen molar-refractivity contribution >= 4 is 27.8 Å². The summed E-state index contributed by atoms with van der Waals surface area (Å²) in [6.45, 7) is 3.73. The molecule has 0 spiro atoms. The van der Waals surface area contributed by atoms with Crippen LogP contribution in [0, 0.1) is 5.92 Å². The van der Waals surface area contributed by atoms with E-state index in [0.29, 0.717) is 24.4 Å². The van der Waals surface area contributed by atoms with Gasteiger partial charge >= 0.3 is 0 Å². The summed E-state index contributed by atoms with van der Waals surface area (Å²) in [4.78, 5) is 23.1. The quantitative estimate of drug-likeness (QED) is 0.342. The largest absolute Gasteiger partial charge is 0.399 e. The highest BCUT2D eigenvalue weighted by atomic mass is 32.2. The molecule has 25 heavy (non-hydrogen) atoms. The van der Waals surface area contributed by atoms with Crippen LogP contribution in [0.3, 0.4) is 0 Å². The van der Waals surface area contributed by atoms with E-state index in [1.807, 2.05) is 0 Å². The van der Waals surface area contributed by atoms with Gasteiger partial charge in [0.05, 0.1) is 10.9 Å². The van der Waals surface area contributed by atoms with Crippen LogP contribution in [0.4, 0.5) is 5.69 Å². The molecule has 1 aliphatic carbocycles. The zero-order valence-corrected chi connectivity index (χ0v) is 14.7. The molecule has 2 rings (SSSR count). The number of anilines is 1. The highest BCUT2D eigenvalue weighted by molar-refractivity contribution is 7.91. The molecule has 7 nitrogen and oxygen atoms in total. The van der Waals surface area contributed by atoms with Crippen LogP contribution in [0.2, 0.25) is 0 Å².